The molecule has 0 bridgehead atoms. The first-order chi connectivity index (χ1) is 8.53. The van der Waals surface area contributed by atoms with E-state index in [1.165, 1.54) is 0 Å². The van der Waals surface area contributed by atoms with Gasteiger partial charge in [0.2, 0.25) is 0 Å². The second-order valence-corrected chi connectivity index (χ2v) is 6.56. The van der Waals surface area contributed by atoms with Gasteiger partial charge in [-0.2, -0.15) is 0 Å². The molecule has 1 heterocycles. The number of hydrogen-bond acceptors (Lipinski definition) is 3. The highest BCUT2D eigenvalue weighted by Gasteiger charge is 2.43. The third kappa shape index (κ3) is 2.66. The van der Waals surface area contributed by atoms with Crippen LogP contribution in [0, 0.1) is 0 Å². The summed E-state index contributed by atoms with van der Waals surface area (Å²) in [5, 5.41) is 11.9. The summed E-state index contributed by atoms with van der Waals surface area (Å²) in [5.41, 5.74) is -1.09. The lowest BCUT2D eigenvalue weighted by molar-refractivity contribution is -0.144. The summed E-state index contributed by atoms with van der Waals surface area (Å²) in [7, 11) is -0.839. The average Bonchev–Trinajstić information content (AvgIpc) is 2.79. The van der Waals surface area contributed by atoms with Crippen molar-refractivity contribution in [3.05, 3.63) is 0 Å². The van der Waals surface area contributed by atoms with Crippen molar-refractivity contribution in [3.63, 3.8) is 0 Å². The summed E-state index contributed by atoms with van der Waals surface area (Å²) in [6, 6.07) is -0.337. The van der Waals surface area contributed by atoms with Crippen LogP contribution in [-0.2, 0) is 15.6 Å². The van der Waals surface area contributed by atoms with Crippen LogP contribution in [0.15, 0.2) is 0 Å². The highest BCUT2D eigenvalue weighted by atomic mass is 32.2. The largest absolute Gasteiger partial charge is 0.480 e. The predicted molar refractivity (Wildman–Crippen MR) is 66.8 cm³/mol. The van der Waals surface area contributed by atoms with E-state index in [0.29, 0.717) is 37.4 Å². The summed E-state index contributed by atoms with van der Waals surface area (Å²) in [5.74, 6) is 0.00925. The number of carboxylic acid groups (broad SMARTS) is 1. The summed E-state index contributed by atoms with van der Waals surface area (Å²) in [6.45, 7) is 0.877. The van der Waals surface area contributed by atoms with Crippen molar-refractivity contribution in [3.8, 4) is 0 Å². The van der Waals surface area contributed by atoms with Gasteiger partial charge >= 0.3 is 12.0 Å². The Hall–Kier alpha value is -1.11. The minimum absolute atomic E-state index is 0.337. The highest BCUT2D eigenvalue weighted by molar-refractivity contribution is 7.85. The molecule has 7 heteroatoms. The molecule has 0 atom stereocenters. The zero-order valence-electron chi connectivity index (χ0n) is 10.2. The molecule has 1 aliphatic heterocycles. The maximum atomic E-state index is 12.0. The Morgan fingerprint density at radius 2 is 1.72 bits per heavy atom. The van der Waals surface area contributed by atoms with Gasteiger partial charge in [-0.05, 0) is 12.8 Å². The van der Waals surface area contributed by atoms with Gasteiger partial charge in [0.25, 0.3) is 0 Å². The van der Waals surface area contributed by atoms with Crippen LogP contribution in [0.1, 0.15) is 25.7 Å². The topological polar surface area (TPSA) is 86.7 Å². The number of amides is 2. The van der Waals surface area contributed by atoms with E-state index in [2.05, 4.69) is 5.32 Å². The minimum atomic E-state index is -1.09. The van der Waals surface area contributed by atoms with E-state index in [0.717, 1.165) is 12.8 Å². The average molecular weight is 274 g/mol. The van der Waals surface area contributed by atoms with Gasteiger partial charge in [-0.3, -0.25) is 4.21 Å². The smallest absolute Gasteiger partial charge is 0.329 e. The predicted octanol–water partition coefficient (Wildman–Crippen LogP) is 0.158. The first kappa shape index (κ1) is 13.3. The number of urea groups is 1. The Labute approximate surface area is 108 Å². The van der Waals surface area contributed by atoms with Gasteiger partial charge in [0.05, 0.1) is 0 Å². The van der Waals surface area contributed by atoms with Gasteiger partial charge in [-0.15, -0.1) is 0 Å². The van der Waals surface area contributed by atoms with Crippen molar-refractivity contribution in [2.75, 3.05) is 24.6 Å². The fourth-order valence-electron chi connectivity index (χ4n) is 2.50. The Balaban J connectivity index is 1.97. The number of carbonyl (C=O) groups excluding carboxylic acids is 1. The molecule has 0 spiro atoms. The summed E-state index contributed by atoms with van der Waals surface area (Å²) in [6.07, 6.45) is 2.65. The molecule has 6 nitrogen and oxygen atoms in total. The summed E-state index contributed by atoms with van der Waals surface area (Å²) in [4.78, 5) is 24.9. The van der Waals surface area contributed by atoms with E-state index < -0.39 is 22.3 Å². The zero-order valence-corrected chi connectivity index (χ0v) is 11.0. The zero-order chi connectivity index (χ0) is 13.2. The van der Waals surface area contributed by atoms with Gasteiger partial charge in [-0.1, -0.05) is 12.8 Å². The van der Waals surface area contributed by atoms with Crippen molar-refractivity contribution >= 4 is 22.8 Å². The molecule has 0 radical (unpaired) electrons. The molecule has 2 aliphatic rings. The van der Waals surface area contributed by atoms with E-state index in [1.807, 2.05) is 0 Å². The van der Waals surface area contributed by atoms with Crippen molar-refractivity contribution in [2.45, 2.75) is 31.2 Å². The number of hydrogen-bond donors (Lipinski definition) is 2. The monoisotopic (exact) mass is 274 g/mol. The molecule has 0 aromatic heterocycles. The maximum Gasteiger partial charge on any atom is 0.329 e. The number of carboxylic acids is 1. The minimum Gasteiger partial charge on any atom is -0.480 e. The fourth-order valence-corrected chi connectivity index (χ4v) is 3.55. The number of aliphatic carboxylic acids is 1. The van der Waals surface area contributed by atoms with Gasteiger partial charge < -0.3 is 15.3 Å². The molecule has 1 saturated carbocycles. The van der Waals surface area contributed by atoms with E-state index in [-0.39, 0.29) is 6.03 Å². The Morgan fingerprint density at radius 1 is 1.17 bits per heavy atom. The molecule has 2 rings (SSSR count). The van der Waals surface area contributed by atoms with Gasteiger partial charge in [0, 0.05) is 35.4 Å². The normalized spacial score (nSPS) is 23.9. The van der Waals surface area contributed by atoms with E-state index in [1.54, 1.807) is 4.90 Å². The Kier molecular flexibility index (Phi) is 3.89. The van der Waals surface area contributed by atoms with Crippen LogP contribution in [0.3, 0.4) is 0 Å². The first-order valence-corrected chi connectivity index (χ1v) is 7.68. The van der Waals surface area contributed by atoms with Crippen molar-refractivity contribution < 1.29 is 18.9 Å². The highest BCUT2D eigenvalue weighted by Crippen LogP contribution is 2.30. The molecule has 0 aromatic carbocycles. The van der Waals surface area contributed by atoms with Gasteiger partial charge in [0.1, 0.15) is 5.54 Å². The molecule has 2 fully saturated rings. The summed E-state index contributed by atoms with van der Waals surface area (Å²) < 4.78 is 11.2. The quantitative estimate of drug-likeness (QED) is 0.751. The SMILES string of the molecule is O=C(NC1(C(=O)O)CCCC1)N1CCS(=O)CC1. The second-order valence-electron chi connectivity index (χ2n) is 4.86. The van der Waals surface area contributed by atoms with E-state index >= 15 is 0 Å². The van der Waals surface area contributed by atoms with Crippen LogP contribution in [-0.4, -0.2) is 56.3 Å². The third-order valence-corrected chi connectivity index (χ3v) is 4.95. The lowest BCUT2D eigenvalue weighted by atomic mass is 9.98. The molecule has 18 heavy (non-hydrogen) atoms. The molecule has 0 aromatic rings. The fraction of sp³-hybridized carbons (Fsp3) is 0.818. The lowest BCUT2D eigenvalue weighted by Gasteiger charge is -2.32. The van der Waals surface area contributed by atoms with Crippen LogP contribution in [0.4, 0.5) is 4.79 Å². The molecule has 2 amide bonds. The van der Waals surface area contributed by atoms with Crippen molar-refractivity contribution in [2.24, 2.45) is 0 Å². The molecule has 2 N–H and O–H groups in total. The molecular formula is C11H18N2O4S. The standard InChI is InChI=1S/C11H18N2O4S/c14-9(15)11(3-1-2-4-11)12-10(16)13-5-7-18(17)8-6-13/h1-8H2,(H,12,16)(H,14,15). The second kappa shape index (κ2) is 5.26. The third-order valence-electron chi connectivity index (χ3n) is 3.68. The molecule has 1 aliphatic carbocycles. The Bertz CT molecular complexity index is 369. The van der Waals surface area contributed by atoms with Crippen LogP contribution >= 0.6 is 0 Å². The molecule has 102 valence electrons. The van der Waals surface area contributed by atoms with Crippen molar-refractivity contribution in [1.82, 2.24) is 10.2 Å². The number of carbonyl (C=O) groups is 2. The van der Waals surface area contributed by atoms with Gasteiger partial charge in [0.15, 0.2) is 0 Å². The summed E-state index contributed by atoms with van der Waals surface area (Å²) >= 11 is 0. The molecular weight excluding hydrogens is 256 g/mol. The number of rotatable bonds is 2. The first-order valence-electron chi connectivity index (χ1n) is 6.19. The van der Waals surface area contributed by atoms with Crippen molar-refractivity contribution in [1.29, 1.82) is 0 Å². The van der Waals surface area contributed by atoms with Gasteiger partial charge in [-0.25, -0.2) is 9.59 Å². The number of nitrogens with zero attached hydrogens (tertiary/aromatic N) is 1. The Morgan fingerprint density at radius 3 is 2.22 bits per heavy atom. The molecule has 1 saturated heterocycles. The number of nitrogens with one attached hydrogen (secondary N) is 1. The van der Waals surface area contributed by atoms with Crippen LogP contribution in [0.2, 0.25) is 0 Å². The van der Waals surface area contributed by atoms with Crippen LogP contribution in [0.5, 0.6) is 0 Å². The van der Waals surface area contributed by atoms with E-state index in [9.17, 15) is 18.9 Å². The van der Waals surface area contributed by atoms with E-state index in [4.69, 9.17) is 0 Å². The van der Waals surface area contributed by atoms with Crippen LogP contribution < -0.4 is 5.32 Å². The molecule has 0 unspecified atom stereocenters. The lowest BCUT2D eigenvalue weighted by Crippen LogP contribution is -2.58. The van der Waals surface area contributed by atoms with Crippen LogP contribution in [0.25, 0.3) is 0 Å². The maximum absolute atomic E-state index is 12.0.